The van der Waals surface area contributed by atoms with Gasteiger partial charge in [-0.3, -0.25) is 4.79 Å². The van der Waals surface area contributed by atoms with Gasteiger partial charge in [-0.05, 0) is 35.7 Å². The van der Waals surface area contributed by atoms with Crippen LogP contribution < -0.4 is 0 Å². The Hall–Kier alpha value is -3.79. The topological polar surface area (TPSA) is 47.3 Å². The van der Waals surface area contributed by atoms with Crippen molar-refractivity contribution in [3.05, 3.63) is 90.4 Å². The van der Waals surface area contributed by atoms with Crippen LogP contribution in [0.15, 0.2) is 79.3 Å². The summed E-state index contributed by atoms with van der Waals surface area (Å²) in [7, 11) is 0. The second kappa shape index (κ2) is 6.67. The van der Waals surface area contributed by atoms with E-state index in [-0.39, 0.29) is 5.78 Å². The lowest BCUT2D eigenvalue weighted by atomic mass is 9.95. The van der Waals surface area contributed by atoms with Crippen LogP contribution in [-0.4, -0.2) is 20.4 Å². The molecule has 2 heterocycles. The molecule has 0 bridgehead atoms. The average molecular weight is 377 g/mol. The van der Waals surface area contributed by atoms with E-state index in [0.717, 1.165) is 44.2 Å². The predicted octanol–water partition coefficient (Wildman–Crippen LogP) is 5.73. The van der Waals surface area contributed by atoms with Gasteiger partial charge < -0.3 is 0 Å². The van der Waals surface area contributed by atoms with Crippen molar-refractivity contribution < 1.29 is 4.79 Å². The summed E-state index contributed by atoms with van der Waals surface area (Å²) in [5.74, 6) is 0.0634. The van der Waals surface area contributed by atoms with Gasteiger partial charge in [0.1, 0.15) is 0 Å². The van der Waals surface area contributed by atoms with E-state index in [9.17, 15) is 4.79 Å². The molecule has 0 unspecified atom stereocenters. The van der Waals surface area contributed by atoms with Gasteiger partial charge in [0.2, 0.25) is 0 Å². The number of hydrogen-bond donors (Lipinski definition) is 0. The van der Waals surface area contributed by atoms with Gasteiger partial charge in [-0.25, -0.2) is 9.50 Å². The molecule has 0 saturated carbocycles. The standard InChI is InChI=1S/C25H19N3O/c1-16-9-11-18(12-10-16)19-13-26-25-24(14-27-28(25)15-19)23-8-4-6-21-20(17(2)29)5-3-7-22(21)23/h3-15H,1-2H3. The Bertz CT molecular complexity index is 1380. The lowest BCUT2D eigenvalue weighted by Crippen LogP contribution is -1.94. The Morgan fingerprint density at radius 1 is 0.828 bits per heavy atom. The number of carbonyl (C=O) groups is 1. The van der Waals surface area contributed by atoms with Gasteiger partial charge >= 0.3 is 0 Å². The predicted molar refractivity (Wildman–Crippen MR) is 116 cm³/mol. The molecule has 29 heavy (non-hydrogen) atoms. The maximum atomic E-state index is 12.0. The number of aryl methyl sites for hydroxylation is 1. The van der Waals surface area contributed by atoms with E-state index in [1.165, 1.54) is 5.56 Å². The van der Waals surface area contributed by atoms with Crippen molar-refractivity contribution in [2.75, 3.05) is 0 Å². The van der Waals surface area contributed by atoms with E-state index >= 15 is 0 Å². The molecular formula is C25H19N3O. The molecule has 0 aliphatic carbocycles. The van der Waals surface area contributed by atoms with Crippen molar-refractivity contribution in [3.63, 3.8) is 0 Å². The van der Waals surface area contributed by atoms with Crippen LogP contribution in [0.1, 0.15) is 22.8 Å². The van der Waals surface area contributed by atoms with E-state index < -0.39 is 0 Å². The summed E-state index contributed by atoms with van der Waals surface area (Å²) in [5, 5.41) is 6.53. The van der Waals surface area contributed by atoms with E-state index in [2.05, 4.69) is 42.4 Å². The van der Waals surface area contributed by atoms with Crippen molar-refractivity contribution in [2.45, 2.75) is 13.8 Å². The van der Waals surface area contributed by atoms with Crippen LogP contribution in [0.2, 0.25) is 0 Å². The minimum atomic E-state index is 0.0634. The smallest absolute Gasteiger partial charge is 0.162 e. The third kappa shape index (κ3) is 2.90. The molecular weight excluding hydrogens is 358 g/mol. The molecule has 0 saturated heterocycles. The van der Waals surface area contributed by atoms with Crippen LogP contribution >= 0.6 is 0 Å². The largest absolute Gasteiger partial charge is 0.294 e. The lowest BCUT2D eigenvalue weighted by Gasteiger charge is -2.08. The number of ketones is 1. The molecule has 140 valence electrons. The number of benzene rings is 3. The summed E-state index contributed by atoms with van der Waals surface area (Å²) in [6.07, 6.45) is 5.73. The van der Waals surface area contributed by atoms with E-state index in [0.29, 0.717) is 0 Å². The maximum Gasteiger partial charge on any atom is 0.162 e. The van der Waals surface area contributed by atoms with Gasteiger partial charge in [0.25, 0.3) is 0 Å². The zero-order chi connectivity index (χ0) is 20.0. The molecule has 0 atom stereocenters. The minimum absolute atomic E-state index is 0.0634. The number of fused-ring (bicyclic) bond motifs is 2. The van der Waals surface area contributed by atoms with Crippen LogP contribution in [0.25, 0.3) is 38.7 Å². The molecule has 2 aromatic heterocycles. The Morgan fingerprint density at radius 2 is 1.59 bits per heavy atom. The second-order valence-corrected chi connectivity index (χ2v) is 7.30. The van der Waals surface area contributed by atoms with E-state index in [1.54, 1.807) is 6.92 Å². The molecule has 0 N–H and O–H groups in total. The SMILES string of the molecule is CC(=O)c1cccc2c(-c3cnn4cc(-c5ccc(C)cc5)cnc34)cccc12. The van der Waals surface area contributed by atoms with E-state index in [1.807, 2.05) is 53.4 Å². The summed E-state index contributed by atoms with van der Waals surface area (Å²) in [6, 6.07) is 20.2. The summed E-state index contributed by atoms with van der Waals surface area (Å²) in [4.78, 5) is 16.7. The Morgan fingerprint density at radius 3 is 2.38 bits per heavy atom. The van der Waals surface area contributed by atoms with Gasteiger partial charge in [-0.2, -0.15) is 5.10 Å². The molecule has 0 aliphatic heterocycles. The highest BCUT2D eigenvalue weighted by molar-refractivity contribution is 6.11. The zero-order valence-corrected chi connectivity index (χ0v) is 16.3. The zero-order valence-electron chi connectivity index (χ0n) is 16.3. The molecule has 4 heteroatoms. The quantitative estimate of drug-likeness (QED) is 0.377. The van der Waals surface area contributed by atoms with Crippen molar-refractivity contribution in [3.8, 4) is 22.3 Å². The van der Waals surface area contributed by atoms with Gasteiger partial charge in [0.05, 0.1) is 6.20 Å². The normalized spacial score (nSPS) is 11.2. The lowest BCUT2D eigenvalue weighted by molar-refractivity contribution is 0.101. The highest BCUT2D eigenvalue weighted by Gasteiger charge is 2.14. The number of hydrogen-bond acceptors (Lipinski definition) is 3. The third-order valence-corrected chi connectivity index (χ3v) is 5.33. The molecule has 3 aromatic carbocycles. The van der Waals surface area contributed by atoms with Gasteiger partial charge in [0, 0.05) is 29.1 Å². The first-order chi connectivity index (χ1) is 14.1. The first-order valence-electron chi connectivity index (χ1n) is 9.55. The van der Waals surface area contributed by atoms with Crippen molar-refractivity contribution in [1.29, 1.82) is 0 Å². The highest BCUT2D eigenvalue weighted by Crippen LogP contribution is 2.33. The molecule has 5 aromatic rings. The summed E-state index contributed by atoms with van der Waals surface area (Å²) in [6.45, 7) is 3.68. The third-order valence-electron chi connectivity index (χ3n) is 5.33. The van der Waals surface area contributed by atoms with Crippen LogP contribution in [0.4, 0.5) is 0 Å². The number of Topliss-reactive ketones (excluding diaryl/α,β-unsaturated/α-hetero) is 1. The number of aromatic nitrogens is 3. The van der Waals surface area contributed by atoms with Gasteiger partial charge in [-0.15, -0.1) is 0 Å². The second-order valence-electron chi connectivity index (χ2n) is 7.30. The summed E-state index contributed by atoms with van der Waals surface area (Å²) >= 11 is 0. The van der Waals surface area contributed by atoms with Crippen LogP contribution in [0, 0.1) is 6.92 Å². The first-order valence-corrected chi connectivity index (χ1v) is 9.55. The Labute approximate surface area is 168 Å². The van der Waals surface area contributed by atoms with Crippen molar-refractivity contribution >= 4 is 22.2 Å². The molecule has 0 fully saturated rings. The molecule has 0 aliphatic rings. The number of carbonyl (C=O) groups excluding carboxylic acids is 1. The van der Waals surface area contributed by atoms with Crippen LogP contribution in [0.3, 0.4) is 0 Å². The molecule has 0 amide bonds. The fraction of sp³-hybridized carbons (Fsp3) is 0.0800. The number of rotatable bonds is 3. The van der Waals surface area contributed by atoms with E-state index in [4.69, 9.17) is 4.98 Å². The molecule has 0 radical (unpaired) electrons. The Kier molecular flexibility index (Phi) is 3.98. The summed E-state index contributed by atoms with van der Waals surface area (Å²) in [5.41, 5.74) is 6.85. The fourth-order valence-electron chi connectivity index (χ4n) is 3.81. The minimum Gasteiger partial charge on any atom is -0.294 e. The maximum absolute atomic E-state index is 12.0. The first kappa shape index (κ1) is 17.3. The van der Waals surface area contributed by atoms with Crippen LogP contribution in [0.5, 0.6) is 0 Å². The molecule has 4 nitrogen and oxygen atoms in total. The Balaban J connectivity index is 1.68. The summed E-state index contributed by atoms with van der Waals surface area (Å²) < 4.78 is 1.82. The van der Waals surface area contributed by atoms with Gasteiger partial charge in [0.15, 0.2) is 11.4 Å². The van der Waals surface area contributed by atoms with Gasteiger partial charge in [-0.1, -0.05) is 66.2 Å². The van der Waals surface area contributed by atoms with Crippen molar-refractivity contribution in [1.82, 2.24) is 14.6 Å². The monoisotopic (exact) mass is 377 g/mol. The molecule has 0 spiro atoms. The number of nitrogens with zero attached hydrogens (tertiary/aromatic N) is 3. The fourth-order valence-corrected chi connectivity index (χ4v) is 3.81. The highest BCUT2D eigenvalue weighted by atomic mass is 16.1. The molecule has 5 rings (SSSR count). The van der Waals surface area contributed by atoms with Crippen molar-refractivity contribution in [2.24, 2.45) is 0 Å². The average Bonchev–Trinajstić information content (AvgIpc) is 3.16. The van der Waals surface area contributed by atoms with Crippen LogP contribution in [-0.2, 0) is 0 Å².